The second-order valence-corrected chi connectivity index (χ2v) is 5.97. The van der Waals surface area contributed by atoms with Crippen molar-refractivity contribution in [2.24, 2.45) is 0 Å². The molecule has 7 heteroatoms. The number of alkyl halides is 3. The summed E-state index contributed by atoms with van der Waals surface area (Å²) in [7, 11) is 1.30. The molecule has 1 N–H and O–H groups in total. The lowest BCUT2D eigenvalue weighted by Crippen LogP contribution is -2.55. The number of methoxy groups -OCH3 is 1. The van der Waals surface area contributed by atoms with Gasteiger partial charge >= 0.3 is 12.1 Å². The van der Waals surface area contributed by atoms with Crippen LogP contribution in [0.4, 0.5) is 13.2 Å². The molecule has 1 rings (SSSR count). The smallest absolute Gasteiger partial charge is 0.401 e. The number of rotatable bonds is 8. The van der Waals surface area contributed by atoms with Gasteiger partial charge in [-0.2, -0.15) is 13.2 Å². The molecule has 21 heavy (non-hydrogen) atoms. The fourth-order valence-electron chi connectivity index (χ4n) is 2.63. The summed E-state index contributed by atoms with van der Waals surface area (Å²) in [5.41, 5.74) is -0.950. The molecule has 1 fully saturated rings. The van der Waals surface area contributed by atoms with Crippen LogP contribution in [0.15, 0.2) is 0 Å². The molecule has 2 unspecified atom stereocenters. The van der Waals surface area contributed by atoms with Crippen molar-refractivity contribution < 1.29 is 22.7 Å². The van der Waals surface area contributed by atoms with Crippen LogP contribution in [0.5, 0.6) is 0 Å². The number of carbonyl (C=O) groups excluding carboxylic acids is 1. The van der Waals surface area contributed by atoms with Crippen molar-refractivity contribution in [3.05, 3.63) is 0 Å². The molecule has 0 aliphatic heterocycles. The third kappa shape index (κ3) is 5.82. The zero-order valence-corrected chi connectivity index (χ0v) is 13.1. The van der Waals surface area contributed by atoms with E-state index in [1.165, 1.54) is 12.0 Å². The van der Waals surface area contributed by atoms with Crippen LogP contribution in [-0.4, -0.2) is 54.9 Å². The number of hydrogen-bond acceptors (Lipinski definition) is 4. The first-order valence-electron chi connectivity index (χ1n) is 7.28. The first-order valence-corrected chi connectivity index (χ1v) is 7.28. The number of esters is 1. The fourth-order valence-corrected chi connectivity index (χ4v) is 2.63. The minimum absolute atomic E-state index is 0.263. The highest BCUT2D eigenvalue weighted by Gasteiger charge is 2.42. The summed E-state index contributed by atoms with van der Waals surface area (Å²) in [5, 5.41) is 3.21. The van der Waals surface area contributed by atoms with E-state index in [9.17, 15) is 18.0 Å². The maximum absolute atomic E-state index is 12.6. The van der Waals surface area contributed by atoms with Crippen LogP contribution in [0, 0.1) is 0 Å². The van der Waals surface area contributed by atoms with Crippen LogP contribution < -0.4 is 5.32 Å². The van der Waals surface area contributed by atoms with Crippen LogP contribution in [0.1, 0.15) is 40.0 Å². The van der Waals surface area contributed by atoms with E-state index >= 15 is 0 Å². The summed E-state index contributed by atoms with van der Waals surface area (Å²) in [6, 6.07) is -0.119. The standard InChI is InChI=1S/C14H25F3N2O2/c1-5-19(9-14(15,16)17)10(2)8-13(3,12(20)21-4)18-11-6-7-11/h10-11,18H,5-9H2,1-4H3. The van der Waals surface area contributed by atoms with E-state index in [2.05, 4.69) is 5.32 Å². The van der Waals surface area contributed by atoms with E-state index in [-0.39, 0.29) is 25.0 Å². The van der Waals surface area contributed by atoms with Gasteiger partial charge in [-0.25, -0.2) is 0 Å². The van der Waals surface area contributed by atoms with Crippen LogP contribution in [0.2, 0.25) is 0 Å². The molecule has 1 aliphatic rings. The van der Waals surface area contributed by atoms with Crippen molar-refractivity contribution in [2.75, 3.05) is 20.2 Å². The van der Waals surface area contributed by atoms with Crippen molar-refractivity contribution in [3.8, 4) is 0 Å². The van der Waals surface area contributed by atoms with E-state index in [0.717, 1.165) is 12.8 Å². The van der Waals surface area contributed by atoms with Gasteiger partial charge in [-0.05, 0) is 39.7 Å². The molecular formula is C14H25F3N2O2. The average Bonchev–Trinajstić information content (AvgIpc) is 3.17. The van der Waals surface area contributed by atoms with Crippen molar-refractivity contribution in [1.29, 1.82) is 0 Å². The summed E-state index contributed by atoms with van der Waals surface area (Å²) in [6.45, 7) is 4.42. The molecule has 0 amide bonds. The van der Waals surface area contributed by atoms with Gasteiger partial charge in [0.1, 0.15) is 5.54 Å². The van der Waals surface area contributed by atoms with E-state index in [1.54, 1.807) is 20.8 Å². The highest BCUT2D eigenvalue weighted by Crippen LogP contribution is 2.27. The van der Waals surface area contributed by atoms with Crippen molar-refractivity contribution >= 4 is 5.97 Å². The molecule has 1 aliphatic carbocycles. The van der Waals surface area contributed by atoms with E-state index in [1.807, 2.05) is 0 Å². The normalized spacial score (nSPS) is 20.2. The molecule has 4 nitrogen and oxygen atoms in total. The maximum Gasteiger partial charge on any atom is 0.401 e. The van der Waals surface area contributed by atoms with Gasteiger partial charge in [-0.3, -0.25) is 15.0 Å². The Balaban J connectivity index is 2.73. The highest BCUT2D eigenvalue weighted by atomic mass is 19.4. The zero-order valence-electron chi connectivity index (χ0n) is 13.1. The number of nitrogens with one attached hydrogen (secondary N) is 1. The Morgan fingerprint density at radius 3 is 2.38 bits per heavy atom. The Morgan fingerprint density at radius 2 is 2.00 bits per heavy atom. The van der Waals surface area contributed by atoms with Gasteiger partial charge in [0.2, 0.25) is 0 Å². The first-order chi connectivity index (χ1) is 9.61. The van der Waals surface area contributed by atoms with Gasteiger partial charge in [0.25, 0.3) is 0 Å². The molecular weight excluding hydrogens is 285 g/mol. The molecule has 0 heterocycles. The van der Waals surface area contributed by atoms with Crippen molar-refractivity contribution in [3.63, 3.8) is 0 Å². The van der Waals surface area contributed by atoms with Gasteiger partial charge in [0.05, 0.1) is 13.7 Å². The minimum Gasteiger partial charge on any atom is -0.468 e. The van der Waals surface area contributed by atoms with E-state index < -0.39 is 24.2 Å². The summed E-state index contributed by atoms with van der Waals surface area (Å²) >= 11 is 0. The Labute approximate surface area is 124 Å². The van der Waals surface area contributed by atoms with E-state index in [4.69, 9.17) is 4.74 Å². The summed E-state index contributed by atoms with van der Waals surface area (Å²) < 4.78 is 42.6. The number of halogens is 3. The monoisotopic (exact) mass is 310 g/mol. The average molecular weight is 310 g/mol. The van der Waals surface area contributed by atoms with Crippen LogP contribution in [-0.2, 0) is 9.53 Å². The van der Waals surface area contributed by atoms with Crippen LogP contribution >= 0.6 is 0 Å². The van der Waals surface area contributed by atoms with Crippen molar-refractivity contribution in [1.82, 2.24) is 10.2 Å². The molecule has 0 radical (unpaired) electrons. The zero-order chi connectivity index (χ0) is 16.3. The minimum atomic E-state index is -4.24. The van der Waals surface area contributed by atoms with Gasteiger partial charge in [-0.15, -0.1) is 0 Å². The van der Waals surface area contributed by atoms with Gasteiger partial charge in [0, 0.05) is 12.1 Å². The molecule has 0 bridgehead atoms. The molecule has 0 aromatic rings. The maximum atomic E-state index is 12.6. The first kappa shape index (κ1) is 18.2. The van der Waals surface area contributed by atoms with Gasteiger partial charge < -0.3 is 4.74 Å². The number of nitrogens with zero attached hydrogens (tertiary/aromatic N) is 1. The summed E-state index contributed by atoms with van der Waals surface area (Å²) in [4.78, 5) is 13.3. The number of carbonyl (C=O) groups is 1. The number of hydrogen-bond donors (Lipinski definition) is 1. The third-order valence-corrected chi connectivity index (χ3v) is 3.85. The predicted octanol–water partition coefficient (Wildman–Crippen LogP) is 2.33. The fraction of sp³-hybridized carbons (Fsp3) is 0.929. The Hall–Kier alpha value is -0.820. The second-order valence-electron chi connectivity index (χ2n) is 5.97. The second kappa shape index (κ2) is 6.96. The highest BCUT2D eigenvalue weighted by molar-refractivity contribution is 5.80. The van der Waals surface area contributed by atoms with Gasteiger partial charge in [0.15, 0.2) is 0 Å². The molecule has 0 aromatic heterocycles. The quantitative estimate of drug-likeness (QED) is 0.699. The molecule has 124 valence electrons. The lowest BCUT2D eigenvalue weighted by Gasteiger charge is -2.36. The summed E-state index contributed by atoms with van der Waals surface area (Å²) in [5.74, 6) is -0.427. The van der Waals surface area contributed by atoms with E-state index in [0.29, 0.717) is 0 Å². The molecule has 0 saturated heterocycles. The lowest BCUT2D eigenvalue weighted by molar-refractivity contribution is -0.154. The SMILES string of the molecule is CCN(CC(F)(F)F)C(C)CC(C)(NC1CC1)C(=O)OC. The van der Waals surface area contributed by atoms with Crippen LogP contribution in [0.3, 0.4) is 0 Å². The largest absolute Gasteiger partial charge is 0.468 e. The Morgan fingerprint density at radius 1 is 1.43 bits per heavy atom. The Bertz CT molecular complexity index is 359. The molecule has 0 spiro atoms. The predicted molar refractivity (Wildman–Crippen MR) is 74.0 cm³/mol. The Kier molecular flexibility index (Phi) is 6.04. The van der Waals surface area contributed by atoms with Gasteiger partial charge in [-0.1, -0.05) is 6.92 Å². The topological polar surface area (TPSA) is 41.6 Å². The molecule has 1 saturated carbocycles. The lowest BCUT2D eigenvalue weighted by atomic mass is 9.92. The van der Waals surface area contributed by atoms with Crippen molar-refractivity contribution in [2.45, 2.75) is 63.8 Å². The number of ether oxygens (including phenoxy) is 1. The van der Waals surface area contributed by atoms with Crippen LogP contribution in [0.25, 0.3) is 0 Å². The molecule has 2 atom stereocenters. The summed E-state index contributed by atoms with van der Waals surface area (Å²) in [6.07, 6.45) is -1.99. The molecule has 0 aromatic carbocycles. The third-order valence-electron chi connectivity index (χ3n) is 3.85.